The second-order valence-electron chi connectivity index (χ2n) is 4.14. The Hall–Kier alpha value is -0.0800. The van der Waals surface area contributed by atoms with Crippen LogP contribution in [0, 0.1) is 5.92 Å². The first-order valence-electron chi connectivity index (χ1n) is 5.60. The van der Waals surface area contributed by atoms with E-state index >= 15 is 0 Å². The molecular formula is C11H26N2. The Labute approximate surface area is 83.1 Å². The molecule has 2 atom stereocenters. The topological polar surface area (TPSA) is 47.0 Å². The highest BCUT2D eigenvalue weighted by atomic mass is 14.9. The highest BCUT2D eigenvalue weighted by Crippen LogP contribution is 2.21. The van der Waals surface area contributed by atoms with E-state index in [0.717, 1.165) is 12.0 Å². The Kier molecular flexibility index (Phi) is 7.29. The van der Waals surface area contributed by atoms with Crippen LogP contribution in [0.4, 0.5) is 0 Å². The summed E-state index contributed by atoms with van der Waals surface area (Å²) in [6.07, 6.45) is 8.36. The predicted octanol–water partition coefficient (Wildman–Crippen LogP) is 3.12. The number of hydrogen-bond donors (Lipinski definition) is 2. The van der Waals surface area contributed by atoms with E-state index in [-0.39, 0.29) is 6.15 Å². The summed E-state index contributed by atoms with van der Waals surface area (Å²) in [4.78, 5) is 0. The summed E-state index contributed by atoms with van der Waals surface area (Å²) in [5.41, 5.74) is 0. The fourth-order valence-electron chi connectivity index (χ4n) is 2.20. The van der Waals surface area contributed by atoms with Gasteiger partial charge in [-0.2, -0.15) is 0 Å². The van der Waals surface area contributed by atoms with Gasteiger partial charge >= 0.3 is 0 Å². The maximum atomic E-state index is 3.63. The van der Waals surface area contributed by atoms with Gasteiger partial charge in [0.1, 0.15) is 0 Å². The van der Waals surface area contributed by atoms with E-state index in [0.29, 0.717) is 0 Å². The maximum Gasteiger partial charge on any atom is 0.00702 e. The molecule has 0 aromatic heterocycles. The van der Waals surface area contributed by atoms with Crippen molar-refractivity contribution in [2.24, 2.45) is 5.92 Å². The zero-order valence-corrected chi connectivity index (χ0v) is 9.31. The number of nitrogens with one attached hydrogen (secondary N) is 1. The van der Waals surface area contributed by atoms with E-state index in [1.807, 2.05) is 0 Å². The summed E-state index contributed by atoms with van der Waals surface area (Å²) < 4.78 is 0. The molecule has 0 radical (unpaired) electrons. The van der Waals surface area contributed by atoms with Gasteiger partial charge in [0.2, 0.25) is 0 Å². The Morgan fingerprint density at radius 3 is 2.54 bits per heavy atom. The number of unbranched alkanes of at least 4 members (excludes halogenated alkanes) is 1. The Morgan fingerprint density at radius 2 is 1.92 bits per heavy atom. The summed E-state index contributed by atoms with van der Waals surface area (Å²) in [6.45, 7) is 5.85. The third-order valence-corrected chi connectivity index (χ3v) is 2.92. The molecule has 1 heterocycles. The maximum absolute atomic E-state index is 3.63. The second kappa shape index (κ2) is 7.34. The second-order valence-corrected chi connectivity index (χ2v) is 4.14. The van der Waals surface area contributed by atoms with Crippen molar-refractivity contribution in [3.8, 4) is 0 Å². The quantitative estimate of drug-likeness (QED) is 0.693. The monoisotopic (exact) mass is 186 g/mol. The lowest BCUT2D eigenvalue weighted by Gasteiger charge is -2.08. The lowest BCUT2D eigenvalue weighted by atomic mass is 9.98. The van der Waals surface area contributed by atoms with E-state index in [9.17, 15) is 0 Å². The van der Waals surface area contributed by atoms with E-state index in [2.05, 4.69) is 19.2 Å². The van der Waals surface area contributed by atoms with Crippen molar-refractivity contribution in [3.05, 3.63) is 0 Å². The van der Waals surface area contributed by atoms with Crippen molar-refractivity contribution in [2.45, 2.75) is 58.4 Å². The highest BCUT2D eigenvalue weighted by Gasteiger charge is 2.22. The van der Waals surface area contributed by atoms with Crippen LogP contribution in [-0.2, 0) is 0 Å². The third-order valence-electron chi connectivity index (χ3n) is 2.92. The van der Waals surface area contributed by atoms with Gasteiger partial charge in [-0.15, -0.1) is 0 Å². The molecule has 0 amide bonds. The molecule has 1 aliphatic rings. The average Bonchev–Trinajstić information content (AvgIpc) is 2.50. The van der Waals surface area contributed by atoms with Crippen LogP contribution in [0.5, 0.6) is 0 Å². The highest BCUT2D eigenvalue weighted by molar-refractivity contribution is 4.80. The van der Waals surface area contributed by atoms with E-state index in [1.165, 1.54) is 45.1 Å². The molecule has 2 heteroatoms. The lowest BCUT2D eigenvalue weighted by molar-refractivity contribution is 0.487. The molecule has 80 valence electrons. The first kappa shape index (κ1) is 12.9. The summed E-state index contributed by atoms with van der Waals surface area (Å²) >= 11 is 0. The van der Waals surface area contributed by atoms with Crippen molar-refractivity contribution >= 4 is 0 Å². The standard InChI is InChI=1S/C11H23N.H3N/c1-3-5-7-11-8-10(6-4-2)9-12-11;/h10-12H,3-9H2,1-2H3;1H3. The van der Waals surface area contributed by atoms with Crippen molar-refractivity contribution < 1.29 is 0 Å². The van der Waals surface area contributed by atoms with Crippen LogP contribution in [0.25, 0.3) is 0 Å². The largest absolute Gasteiger partial charge is 0.344 e. The smallest absolute Gasteiger partial charge is 0.00702 e. The molecule has 0 aromatic rings. The van der Waals surface area contributed by atoms with E-state index < -0.39 is 0 Å². The van der Waals surface area contributed by atoms with Crippen LogP contribution in [-0.4, -0.2) is 12.6 Å². The SMILES string of the molecule is CCCCC1CC(CCC)CN1.N. The molecule has 1 rings (SSSR count). The molecule has 0 bridgehead atoms. The summed E-state index contributed by atoms with van der Waals surface area (Å²) in [5.74, 6) is 0.983. The lowest BCUT2D eigenvalue weighted by Crippen LogP contribution is -2.20. The molecule has 2 nitrogen and oxygen atoms in total. The van der Waals surface area contributed by atoms with Gasteiger partial charge in [-0.05, 0) is 31.7 Å². The first-order chi connectivity index (χ1) is 5.86. The Balaban J connectivity index is 0.00000144. The normalized spacial score (nSPS) is 27.2. The molecule has 0 aromatic carbocycles. The molecular weight excluding hydrogens is 160 g/mol. The predicted molar refractivity (Wildman–Crippen MR) is 59.4 cm³/mol. The van der Waals surface area contributed by atoms with Gasteiger partial charge in [-0.25, -0.2) is 0 Å². The fraction of sp³-hybridized carbons (Fsp3) is 1.00. The average molecular weight is 186 g/mol. The minimum absolute atomic E-state index is 0. The summed E-state index contributed by atoms with van der Waals surface area (Å²) in [5, 5.41) is 3.63. The van der Waals surface area contributed by atoms with Gasteiger partial charge in [0.15, 0.2) is 0 Å². The van der Waals surface area contributed by atoms with Gasteiger partial charge in [0, 0.05) is 6.04 Å². The van der Waals surface area contributed by atoms with Crippen LogP contribution in [0.3, 0.4) is 0 Å². The molecule has 1 aliphatic heterocycles. The van der Waals surface area contributed by atoms with Crippen molar-refractivity contribution in [3.63, 3.8) is 0 Å². The van der Waals surface area contributed by atoms with Crippen molar-refractivity contribution in [1.29, 1.82) is 0 Å². The molecule has 0 aliphatic carbocycles. The van der Waals surface area contributed by atoms with E-state index in [1.54, 1.807) is 0 Å². The van der Waals surface area contributed by atoms with E-state index in [4.69, 9.17) is 0 Å². The van der Waals surface area contributed by atoms with Crippen LogP contribution < -0.4 is 11.5 Å². The summed E-state index contributed by atoms with van der Waals surface area (Å²) in [6, 6.07) is 0.849. The Morgan fingerprint density at radius 1 is 1.15 bits per heavy atom. The van der Waals surface area contributed by atoms with Crippen LogP contribution in [0.1, 0.15) is 52.4 Å². The zero-order valence-electron chi connectivity index (χ0n) is 9.31. The third kappa shape index (κ3) is 4.63. The molecule has 1 saturated heterocycles. The van der Waals surface area contributed by atoms with Gasteiger partial charge in [-0.3, -0.25) is 0 Å². The fourth-order valence-corrected chi connectivity index (χ4v) is 2.20. The van der Waals surface area contributed by atoms with Crippen molar-refractivity contribution in [2.75, 3.05) is 6.54 Å². The minimum Gasteiger partial charge on any atom is -0.344 e. The van der Waals surface area contributed by atoms with Gasteiger partial charge in [-0.1, -0.05) is 33.1 Å². The van der Waals surface area contributed by atoms with Crippen LogP contribution in [0.15, 0.2) is 0 Å². The molecule has 0 saturated carbocycles. The molecule has 13 heavy (non-hydrogen) atoms. The van der Waals surface area contributed by atoms with Gasteiger partial charge in [0.25, 0.3) is 0 Å². The van der Waals surface area contributed by atoms with Gasteiger partial charge in [0.05, 0.1) is 0 Å². The zero-order chi connectivity index (χ0) is 8.81. The van der Waals surface area contributed by atoms with Crippen LogP contribution >= 0.6 is 0 Å². The first-order valence-corrected chi connectivity index (χ1v) is 5.60. The molecule has 1 fully saturated rings. The van der Waals surface area contributed by atoms with Crippen LogP contribution in [0.2, 0.25) is 0 Å². The Bertz CT molecular complexity index is 115. The van der Waals surface area contributed by atoms with Crippen molar-refractivity contribution in [1.82, 2.24) is 11.5 Å². The molecule has 2 unspecified atom stereocenters. The molecule has 0 spiro atoms. The number of rotatable bonds is 5. The van der Waals surface area contributed by atoms with Gasteiger partial charge < -0.3 is 11.5 Å². The molecule has 4 N–H and O–H groups in total. The number of hydrogen-bond acceptors (Lipinski definition) is 2. The minimum atomic E-state index is 0. The summed E-state index contributed by atoms with van der Waals surface area (Å²) in [7, 11) is 0.